The van der Waals surface area contributed by atoms with Gasteiger partial charge in [-0.3, -0.25) is 4.79 Å². The molecule has 0 saturated carbocycles. The molecule has 1 unspecified atom stereocenters. The zero-order valence-corrected chi connectivity index (χ0v) is 18.6. The van der Waals surface area contributed by atoms with E-state index in [1.165, 1.54) is 30.0 Å². The first-order chi connectivity index (χ1) is 14.8. The van der Waals surface area contributed by atoms with Gasteiger partial charge in [0.25, 0.3) is 5.91 Å². The second-order valence-corrected chi connectivity index (χ2v) is 9.69. The van der Waals surface area contributed by atoms with Gasteiger partial charge in [-0.2, -0.15) is 0 Å². The molecule has 4 nitrogen and oxygen atoms in total. The molecule has 0 aliphatic carbocycles. The van der Waals surface area contributed by atoms with Crippen LogP contribution < -0.4 is 10.0 Å². The first kappa shape index (κ1) is 21.8. The first-order valence-corrected chi connectivity index (χ1v) is 11.4. The Hall–Kier alpha value is -2.42. The van der Waals surface area contributed by atoms with Gasteiger partial charge >= 0.3 is 0 Å². The lowest BCUT2D eigenvalue weighted by Crippen LogP contribution is -2.29. The molecule has 4 rings (SSSR count). The Balaban J connectivity index is 1.84. The van der Waals surface area contributed by atoms with Crippen LogP contribution in [0.5, 0.6) is 5.75 Å². The third-order valence-corrected chi connectivity index (χ3v) is 6.99. The summed E-state index contributed by atoms with van der Waals surface area (Å²) in [6, 6.07) is 12.3. The van der Waals surface area contributed by atoms with Crippen LogP contribution >= 0.6 is 35.3 Å². The number of thioether (sulfide) groups is 1. The summed E-state index contributed by atoms with van der Waals surface area (Å²) < 4.78 is 32.0. The van der Waals surface area contributed by atoms with Crippen LogP contribution in [0.15, 0.2) is 58.3 Å². The number of anilines is 1. The molecule has 160 valence electrons. The molecule has 1 aliphatic heterocycles. The molecule has 1 amide bonds. The second kappa shape index (κ2) is 8.98. The number of hydrogen-bond acceptors (Lipinski definition) is 5. The average molecular weight is 479 g/mol. The molecule has 4 bridgehead atoms. The van der Waals surface area contributed by atoms with Gasteiger partial charge in [0, 0.05) is 33.9 Å². The van der Waals surface area contributed by atoms with Gasteiger partial charge in [-0.1, -0.05) is 36.7 Å². The summed E-state index contributed by atoms with van der Waals surface area (Å²) in [6.45, 7) is 2.30. The van der Waals surface area contributed by atoms with E-state index in [1.807, 2.05) is 19.1 Å². The molecule has 3 aromatic carbocycles. The van der Waals surface area contributed by atoms with E-state index in [4.69, 9.17) is 11.6 Å². The van der Waals surface area contributed by atoms with Gasteiger partial charge < -0.3 is 15.1 Å². The number of phenolic OH excluding ortho intramolecular Hbond substituents is 1. The normalized spacial score (nSPS) is 16.4. The van der Waals surface area contributed by atoms with Crippen molar-refractivity contribution < 1.29 is 18.7 Å². The van der Waals surface area contributed by atoms with E-state index in [9.17, 15) is 18.7 Å². The summed E-state index contributed by atoms with van der Waals surface area (Å²) in [4.78, 5) is 13.7. The summed E-state index contributed by atoms with van der Waals surface area (Å²) in [7, 11) is 0. The highest BCUT2D eigenvalue weighted by Crippen LogP contribution is 2.40. The van der Waals surface area contributed by atoms with Crippen LogP contribution in [-0.4, -0.2) is 22.8 Å². The van der Waals surface area contributed by atoms with Crippen LogP contribution in [0.3, 0.4) is 0 Å². The minimum absolute atomic E-state index is 0.00337. The Kier molecular flexibility index (Phi) is 6.31. The number of fused-ring (bicyclic) bond motifs is 6. The van der Waals surface area contributed by atoms with Gasteiger partial charge in [0.2, 0.25) is 0 Å². The van der Waals surface area contributed by atoms with Gasteiger partial charge in [0.15, 0.2) is 0 Å². The van der Waals surface area contributed by atoms with Crippen LogP contribution in [0.1, 0.15) is 17.3 Å². The minimum Gasteiger partial charge on any atom is -0.505 e. The molecule has 3 aromatic rings. The predicted molar refractivity (Wildman–Crippen MR) is 122 cm³/mol. The van der Waals surface area contributed by atoms with E-state index in [1.54, 1.807) is 12.1 Å². The largest absolute Gasteiger partial charge is 0.505 e. The SMILES string of the molecule is CC1CNC(=O)c2cc(Cl)c(O)c(c2)SNc2cc(c(F)cc2F)-c2ccccc2S1. The van der Waals surface area contributed by atoms with Crippen molar-refractivity contribution in [2.75, 3.05) is 11.3 Å². The topological polar surface area (TPSA) is 61.4 Å². The lowest BCUT2D eigenvalue weighted by Gasteiger charge is -2.16. The summed E-state index contributed by atoms with van der Waals surface area (Å²) >= 11 is 8.44. The Morgan fingerprint density at radius 3 is 2.65 bits per heavy atom. The van der Waals surface area contributed by atoms with Gasteiger partial charge in [-0.05, 0) is 41.8 Å². The van der Waals surface area contributed by atoms with E-state index in [0.717, 1.165) is 22.9 Å². The standard InChI is InChI=1S/C22H17ClF2N2O2S2/c1-11-10-26-22(29)12-6-15(23)21(28)20(7-12)31-27-18-8-14(16(24)9-17(18)25)13-4-2-3-5-19(13)30-11/h2-9,11,27-28H,10H2,1H3,(H,26,29). The Labute approximate surface area is 191 Å². The van der Waals surface area contributed by atoms with Crippen LogP contribution in [-0.2, 0) is 0 Å². The smallest absolute Gasteiger partial charge is 0.251 e. The van der Waals surface area contributed by atoms with Crippen molar-refractivity contribution in [3.05, 3.63) is 70.8 Å². The van der Waals surface area contributed by atoms with Crippen LogP contribution in [0, 0.1) is 11.6 Å². The van der Waals surface area contributed by atoms with Crippen molar-refractivity contribution in [3.8, 4) is 16.9 Å². The number of benzene rings is 3. The number of phenols is 1. The molecular formula is C22H17ClF2N2O2S2. The fourth-order valence-corrected chi connectivity index (χ4v) is 5.22. The third-order valence-electron chi connectivity index (χ3n) is 4.67. The summed E-state index contributed by atoms with van der Waals surface area (Å²) in [6.07, 6.45) is 0. The van der Waals surface area contributed by atoms with Crippen molar-refractivity contribution in [1.82, 2.24) is 5.32 Å². The predicted octanol–water partition coefficient (Wildman–Crippen LogP) is 6.33. The quantitative estimate of drug-likeness (QED) is 0.329. The summed E-state index contributed by atoms with van der Waals surface area (Å²) in [5.74, 6) is -2.05. The van der Waals surface area contributed by atoms with E-state index in [2.05, 4.69) is 10.0 Å². The monoisotopic (exact) mass is 478 g/mol. The fraction of sp³-hybridized carbons (Fsp3) is 0.136. The van der Waals surface area contributed by atoms with Crippen molar-refractivity contribution in [2.45, 2.75) is 22.0 Å². The molecular weight excluding hydrogens is 462 g/mol. The van der Waals surface area contributed by atoms with Crippen molar-refractivity contribution >= 4 is 46.9 Å². The highest BCUT2D eigenvalue weighted by molar-refractivity contribution is 8.00. The van der Waals surface area contributed by atoms with Crippen molar-refractivity contribution in [3.63, 3.8) is 0 Å². The molecule has 0 fully saturated rings. The van der Waals surface area contributed by atoms with Crippen LogP contribution in [0.2, 0.25) is 5.02 Å². The minimum atomic E-state index is -0.781. The lowest BCUT2D eigenvalue weighted by atomic mass is 10.0. The van der Waals surface area contributed by atoms with Crippen molar-refractivity contribution in [1.29, 1.82) is 0 Å². The van der Waals surface area contributed by atoms with Gasteiger partial charge in [-0.15, -0.1) is 11.8 Å². The van der Waals surface area contributed by atoms with Crippen LogP contribution in [0.4, 0.5) is 14.5 Å². The number of hydrogen-bond donors (Lipinski definition) is 3. The van der Waals surface area contributed by atoms with E-state index in [-0.39, 0.29) is 43.6 Å². The molecule has 3 N–H and O–H groups in total. The highest BCUT2D eigenvalue weighted by atomic mass is 35.5. The third kappa shape index (κ3) is 4.61. The summed E-state index contributed by atoms with van der Waals surface area (Å²) in [5.41, 5.74) is 1.17. The Morgan fingerprint density at radius 2 is 1.84 bits per heavy atom. The molecule has 0 aromatic heterocycles. The number of aromatic hydroxyl groups is 1. The maximum Gasteiger partial charge on any atom is 0.251 e. The Morgan fingerprint density at radius 1 is 1.06 bits per heavy atom. The number of carbonyl (C=O) groups is 1. The molecule has 1 aliphatic rings. The summed E-state index contributed by atoms with van der Waals surface area (Å²) in [5, 5.41) is 13.1. The zero-order valence-electron chi connectivity index (χ0n) is 16.2. The van der Waals surface area contributed by atoms with Gasteiger partial charge in [0.05, 0.1) is 15.6 Å². The van der Waals surface area contributed by atoms with E-state index < -0.39 is 11.6 Å². The molecule has 0 radical (unpaired) electrons. The van der Waals surface area contributed by atoms with Gasteiger partial charge in [0.1, 0.15) is 17.4 Å². The highest BCUT2D eigenvalue weighted by Gasteiger charge is 2.19. The zero-order chi connectivity index (χ0) is 22.1. The maximum absolute atomic E-state index is 14.7. The number of carbonyl (C=O) groups excluding carboxylic acids is 1. The molecule has 9 heteroatoms. The molecule has 0 saturated heterocycles. The van der Waals surface area contributed by atoms with Crippen LogP contribution in [0.25, 0.3) is 11.1 Å². The first-order valence-electron chi connectivity index (χ1n) is 9.32. The van der Waals surface area contributed by atoms with Crippen molar-refractivity contribution in [2.24, 2.45) is 0 Å². The Bertz CT molecular complexity index is 1180. The molecule has 1 heterocycles. The molecule has 1 atom stereocenters. The number of rotatable bonds is 0. The number of halogens is 3. The maximum atomic E-state index is 14.7. The van der Waals surface area contributed by atoms with E-state index in [0.29, 0.717) is 12.1 Å². The number of nitrogens with one attached hydrogen (secondary N) is 2. The van der Waals surface area contributed by atoms with E-state index >= 15 is 0 Å². The van der Waals surface area contributed by atoms with Gasteiger partial charge in [-0.25, -0.2) is 8.78 Å². The average Bonchev–Trinajstić information content (AvgIpc) is 2.74. The molecule has 0 spiro atoms. The lowest BCUT2D eigenvalue weighted by molar-refractivity contribution is 0.0954. The second-order valence-electron chi connectivity index (χ2n) is 6.96. The fourth-order valence-electron chi connectivity index (χ4n) is 3.12. The molecule has 31 heavy (non-hydrogen) atoms. The number of amides is 1.